The smallest absolute Gasteiger partial charge is 0.337 e. The van der Waals surface area contributed by atoms with Gasteiger partial charge in [0.05, 0.1) is 12.7 Å². The van der Waals surface area contributed by atoms with Gasteiger partial charge < -0.3 is 10.5 Å². The van der Waals surface area contributed by atoms with Gasteiger partial charge in [-0.15, -0.1) is 0 Å². The van der Waals surface area contributed by atoms with E-state index in [1.54, 1.807) is 0 Å². The van der Waals surface area contributed by atoms with Crippen LogP contribution in [0.2, 0.25) is 0 Å². The molecule has 0 aliphatic carbocycles. The van der Waals surface area contributed by atoms with Gasteiger partial charge in [-0.2, -0.15) is 0 Å². The van der Waals surface area contributed by atoms with Gasteiger partial charge in [-0.05, 0) is 43.6 Å². The van der Waals surface area contributed by atoms with Crippen molar-refractivity contribution in [2.45, 2.75) is 45.6 Å². The minimum absolute atomic E-state index is 0.213. The normalized spacial score (nSPS) is 12.4. The molecule has 0 aromatic heterocycles. The topological polar surface area (TPSA) is 55.6 Å². The highest BCUT2D eigenvalue weighted by Crippen LogP contribution is 2.21. The molecule has 0 fully saturated rings. The SMILES string of the molecule is CCCCN(CCCC)C(CN)c1ccc(C(=O)OC)cc1. The molecule has 0 aliphatic heterocycles. The Bertz CT molecular complexity index is 423. The van der Waals surface area contributed by atoms with Crippen LogP contribution in [0.15, 0.2) is 24.3 Å². The highest BCUT2D eigenvalue weighted by atomic mass is 16.5. The second kappa shape index (κ2) is 10.4. The highest BCUT2D eigenvalue weighted by Gasteiger charge is 2.18. The fourth-order valence-electron chi connectivity index (χ4n) is 2.60. The molecule has 0 spiro atoms. The van der Waals surface area contributed by atoms with Gasteiger partial charge in [0.25, 0.3) is 0 Å². The van der Waals surface area contributed by atoms with E-state index >= 15 is 0 Å². The Morgan fingerprint density at radius 1 is 1.14 bits per heavy atom. The van der Waals surface area contributed by atoms with Crippen LogP contribution in [0.25, 0.3) is 0 Å². The molecule has 2 N–H and O–H groups in total. The van der Waals surface area contributed by atoms with Crippen molar-refractivity contribution >= 4 is 5.97 Å². The van der Waals surface area contributed by atoms with Gasteiger partial charge in [-0.1, -0.05) is 38.8 Å². The lowest BCUT2D eigenvalue weighted by molar-refractivity contribution is 0.0600. The number of nitrogens with zero attached hydrogens (tertiary/aromatic N) is 1. The van der Waals surface area contributed by atoms with E-state index in [2.05, 4.69) is 18.7 Å². The molecule has 0 saturated carbocycles. The second-order valence-corrected chi connectivity index (χ2v) is 5.61. The van der Waals surface area contributed by atoms with Crippen molar-refractivity contribution in [2.75, 3.05) is 26.7 Å². The summed E-state index contributed by atoms with van der Waals surface area (Å²) in [5.74, 6) is -0.301. The average molecular weight is 306 g/mol. The van der Waals surface area contributed by atoms with Crippen LogP contribution in [0.5, 0.6) is 0 Å². The van der Waals surface area contributed by atoms with E-state index < -0.39 is 0 Å². The molecule has 0 amide bonds. The van der Waals surface area contributed by atoms with Gasteiger partial charge in [-0.25, -0.2) is 4.79 Å². The van der Waals surface area contributed by atoms with Crippen molar-refractivity contribution < 1.29 is 9.53 Å². The summed E-state index contributed by atoms with van der Waals surface area (Å²) >= 11 is 0. The number of benzene rings is 1. The highest BCUT2D eigenvalue weighted by molar-refractivity contribution is 5.89. The summed E-state index contributed by atoms with van der Waals surface area (Å²) in [7, 11) is 1.40. The zero-order valence-electron chi connectivity index (χ0n) is 14.2. The molecular formula is C18H30N2O2. The molecule has 1 rings (SSSR count). The van der Waals surface area contributed by atoms with Crippen molar-refractivity contribution in [1.29, 1.82) is 0 Å². The minimum atomic E-state index is -0.301. The Kier molecular flexibility index (Phi) is 8.78. The van der Waals surface area contributed by atoms with Crippen molar-refractivity contribution in [3.63, 3.8) is 0 Å². The Hall–Kier alpha value is -1.39. The van der Waals surface area contributed by atoms with Gasteiger partial charge in [0.1, 0.15) is 0 Å². The summed E-state index contributed by atoms with van der Waals surface area (Å²) in [5, 5.41) is 0. The molecule has 1 atom stereocenters. The summed E-state index contributed by atoms with van der Waals surface area (Å²) in [4.78, 5) is 14.0. The first-order valence-electron chi connectivity index (χ1n) is 8.30. The molecule has 22 heavy (non-hydrogen) atoms. The first-order valence-corrected chi connectivity index (χ1v) is 8.30. The van der Waals surface area contributed by atoms with Gasteiger partial charge in [-0.3, -0.25) is 4.90 Å². The molecule has 124 valence electrons. The molecule has 0 aliphatic rings. The van der Waals surface area contributed by atoms with Gasteiger partial charge in [0.2, 0.25) is 0 Å². The predicted octanol–water partition coefficient (Wildman–Crippen LogP) is 3.38. The monoisotopic (exact) mass is 306 g/mol. The number of hydrogen-bond donors (Lipinski definition) is 1. The maximum absolute atomic E-state index is 11.5. The number of hydrogen-bond acceptors (Lipinski definition) is 4. The van der Waals surface area contributed by atoms with Crippen molar-refractivity contribution in [1.82, 2.24) is 4.90 Å². The van der Waals surface area contributed by atoms with E-state index in [0.717, 1.165) is 13.1 Å². The van der Waals surface area contributed by atoms with Crippen LogP contribution >= 0.6 is 0 Å². The maximum atomic E-state index is 11.5. The molecule has 1 aromatic rings. The van der Waals surface area contributed by atoms with Gasteiger partial charge in [0, 0.05) is 12.6 Å². The van der Waals surface area contributed by atoms with Crippen LogP contribution in [0.3, 0.4) is 0 Å². The van der Waals surface area contributed by atoms with E-state index in [-0.39, 0.29) is 12.0 Å². The van der Waals surface area contributed by atoms with Crippen molar-refractivity contribution in [3.8, 4) is 0 Å². The Morgan fingerprint density at radius 2 is 1.68 bits per heavy atom. The first-order chi connectivity index (χ1) is 10.7. The fourth-order valence-corrected chi connectivity index (χ4v) is 2.60. The lowest BCUT2D eigenvalue weighted by atomic mass is 10.0. The average Bonchev–Trinajstić information content (AvgIpc) is 2.57. The molecule has 4 heteroatoms. The third-order valence-electron chi connectivity index (χ3n) is 3.98. The molecular weight excluding hydrogens is 276 g/mol. The lowest BCUT2D eigenvalue weighted by Gasteiger charge is -2.31. The largest absolute Gasteiger partial charge is 0.465 e. The van der Waals surface area contributed by atoms with Crippen LogP contribution in [-0.2, 0) is 4.74 Å². The zero-order chi connectivity index (χ0) is 16.4. The minimum Gasteiger partial charge on any atom is -0.465 e. The van der Waals surface area contributed by atoms with Crippen molar-refractivity contribution in [3.05, 3.63) is 35.4 Å². The number of carbonyl (C=O) groups is 1. The Balaban J connectivity index is 2.87. The number of carbonyl (C=O) groups excluding carboxylic acids is 1. The quantitative estimate of drug-likeness (QED) is 0.673. The molecule has 0 heterocycles. The number of rotatable bonds is 10. The van der Waals surface area contributed by atoms with E-state index in [1.807, 2.05) is 24.3 Å². The number of nitrogens with two attached hydrogens (primary N) is 1. The molecule has 0 bridgehead atoms. The van der Waals surface area contributed by atoms with E-state index in [1.165, 1.54) is 38.4 Å². The predicted molar refractivity (Wildman–Crippen MR) is 91.0 cm³/mol. The standard InChI is InChI=1S/C18H30N2O2/c1-4-6-12-20(13-7-5-2)17(14-19)15-8-10-16(11-9-15)18(21)22-3/h8-11,17H,4-7,12-14,19H2,1-3H3. The summed E-state index contributed by atoms with van der Waals surface area (Å²) in [6, 6.07) is 7.84. The molecule has 1 aromatic carbocycles. The van der Waals surface area contributed by atoms with E-state index in [0.29, 0.717) is 12.1 Å². The summed E-state index contributed by atoms with van der Waals surface area (Å²) in [5.41, 5.74) is 7.79. The number of unbranched alkanes of at least 4 members (excludes halogenated alkanes) is 2. The number of methoxy groups -OCH3 is 1. The van der Waals surface area contributed by atoms with Gasteiger partial charge >= 0.3 is 5.97 Å². The van der Waals surface area contributed by atoms with Crippen LogP contribution in [0.1, 0.15) is 61.5 Å². The van der Waals surface area contributed by atoms with Crippen LogP contribution in [0, 0.1) is 0 Å². The summed E-state index contributed by atoms with van der Waals surface area (Å²) in [6.07, 6.45) is 4.73. The van der Waals surface area contributed by atoms with E-state index in [9.17, 15) is 4.79 Å². The number of ether oxygens (including phenoxy) is 1. The maximum Gasteiger partial charge on any atom is 0.337 e. The van der Waals surface area contributed by atoms with Gasteiger partial charge in [0.15, 0.2) is 0 Å². The third kappa shape index (κ3) is 5.43. The first kappa shape index (κ1) is 18.7. The van der Waals surface area contributed by atoms with Crippen LogP contribution in [-0.4, -0.2) is 37.6 Å². The zero-order valence-corrected chi connectivity index (χ0v) is 14.2. The third-order valence-corrected chi connectivity index (χ3v) is 3.98. The van der Waals surface area contributed by atoms with E-state index in [4.69, 9.17) is 10.5 Å². The van der Waals surface area contributed by atoms with Crippen LogP contribution < -0.4 is 5.73 Å². The lowest BCUT2D eigenvalue weighted by Crippen LogP contribution is -2.35. The molecule has 4 nitrogen and oxygen atoms in total. The molecule has 0 radical (unpaired) electrons. The van der Waals surface area contributed by atoms with Crippen molar-refractivity contribution in [2.24, 2.45) is 5.73 Å². The summed E-state index contributed by atoms with van der Waals surface area (Å²) in [6.45, 7) is 7.14. The molecule has 1 unspecified atom stereocenters. The Labute approximate surface area is 134 Å². The molecule has 0 saturated heterocycles. The van der Waals surface area contributed by atoms with Crippen LogP contribution in [0.4, 0.5) is 0 Å². The second-order valence-electron chi connectivity index (χ2n) is 5.61. The summed E-state index contributed by atoms with van der Waals surface area (Å²) < 4.78 is 4.74. The Morgan fingerprint density at radius 3 is 2.09 bits per heavy atom. The number of esters is 1. The fraction of sp³-hybridized carbons (Fsp3) is 0.611.